The third kappa shape index (κ3) is 2.81. The lowest BCUT2D eigenvalue weighted by molar-refractivity contribution is -0.387. The summed E-state index contributed by atoms with van der Waals surface area (Å²) in [5.74, 6) is -2.06. The first kappa shape index (κ1) is 14.5. The van der Waals surface area contributed by atoms with E-state index in [0.29, 0.717) is 12.2 Å². The predicted molar refractivity (Wildman–Crippen MR) is 71.5 cm³/mol. The van der Waals surface area contributed by atoms with Crippen molar-refractivity contribution in [1.82, 2.24) is 10.3 Å². The van der Waals surface area contributed by atoms with Crippen molar-refractivity contribution in [2.45, 2.75) is 13.5 Å². The molecule has 0 atom stereocenters. The van der Waals surface area contributed by atoms with Crippen molar-refractivity contribution in [2.24, 2.45) is 0 Å². The van der Waals surface area contributed by atoms with Crippen molar-refractivity contribution in [3.8, 4) is 10.6 Å². The fourth-order valence-corrected chi connectivity index (χ4v) is 2.49. The van der Waals surface area contributed by atoms with Gasteiger partial charge in [-0.05, 0) is 12.6 Å². The van der Waals surface area contributed by atoms with Crippen LogP contribution in [0.15, 0.2) is 17.5 Å². The van der Waals surface area contributed by atoms with Crippen LogP contribution in [-0.2, 0) is 6.54 Å². The van der Waals surface area contributed by atoms with Gasteiger partial charge in [-0.2, -0.15) is 4.39 Å². The molecule has 1 heterocycles. The Bertz CT molecular complexity index is 646. The van der Waals surface area contributed by atoms with Gasteiger partial charge in [0.25, 0.3) is 0 Å². The van der Waals surface area contributed by atoms with E-state index < -0.39 is 27.8 Å². The van der Waals surface area contributed by atoms with Gasteiger partial charge >= 0.3 is 5.69 Å². The topological polar surface area (TPSA) is 68.1 Å². The normalized spacial score (nSPS) is 10.8. The van der Waals surface area contributed by atoms with Crippen LogP contribution in [-0.4, -0.2) is 16.5 Å². The van der Waals surface area contributed by atoms with Gasteiger partial charge in [0.05, 0.1) is 16.2 Å². The molecule has 2 aromatic rings. The van der Waals surface area contributed by atoms with Crippen LogP contribution >= 0.6 is 11.3 Å². The summed E-state index contributed by atoms with van der Waals surface area (Å²) in [6.45, 7) is 3.14. The van der Waals surface area contributed by atoms with Crippen LogP contribution in [0.3, 0.4) is 0 Å². The van der Waals surface area contributed by atoms with E-state index in [1.54, 1.807) is 5.38 Å². The van der Waals surface area contributed by atoms with Crippen LogP contribution in [0.2, 0.25) is 0 Å². The van der Waals surface area contributed by atoms with Crippen LogP contribution < -0.4 is 5.32 Å². The minimum atomic E-state index is -1.20. The Morgan fingerprint density at radius 1 is 1.45 bits per heavy atom. The second-order valence-electron chi connectivity index (χ2n) is 3.94. The molecule has 0 radical (unpaired) electrons. The number of nitro groups is 1. The summed E-state index contributed by atoms with van der Waals surface area (Å²) in [6.07, 6.45) is 0. The maximum Gasteiger partial charge on any atom is 0.305 e. The molecule has 5 nitrogen and oxygen atoms in total. The highest BCUT2D eigenvalue weighted by molar-refractivity contribution is 7.13. The first-order chi connectivity index (χ1) is 9.54. The van der Waals surface area contributed by atoms with E-state index in [1.165, 1.54) is 0 Å². The molecule has 0 aliphatic rings. The molecule has 0 aliphatic heterocycles. The van der Waals surface area contributed by atoms with E-state index >= 15 is 0 Å². The van der Waals surface area contributed by atoms with E-state index in [-0.39, 0.29) is 5.01 Å². The maximum absolute atomic E-state index is 14.0. The van der Waals surface area contributed by atoms with Crippen LogP contribution in [0.25, 0.3) is 10.6 Å². The number of thiazole rings is 1. The molecule has 0 aliphatic carbocycles. The van der Waals surface area contributed by atoms with Gasteiger partial charge in [-0.25, -0.2) is 9.37 Å². The van der Waals surface area contributed by atoms with E-state index in [4.69, 9.17) is 0 Å². The number of aromatic nitrogens is 1. The van der Waals surface area contributed by atoms with Crippen molar-refractivity contribution in [3.63, 3.8) is 0 Å². The molecule has 0 fully saturated rings. The first-order valence-corrected chi connectivity index (χ1v) is 6.70. The molecule has 2 rings (SSSR count). The lowest BCUT2D eigenvalue weighted by Crippen LogP contribution is -2.11. The number of nitrogens with one attached hydrogen (secondary N) is 1. The van der Waals surface area contributed by atoms with E-state index in [2.05, 4.69) is 10.3 Å². The second kappa shape index (κ2) is 6.02. The highest BCUT2D eigenvalue weighted by Crippen LogP contribution is 2.33. The van der Waals surface area contributed by atoms with Crippen LogP contribution in [0, 0.1) is 21.7 Å². The quantitative estimate of drug-likeness (QED) is 0.680. The zero-order valence-corrected chi connectivity index (χ0v) is 11.3. The zero-order valence-electron chi connectivity index (χ0n) is 10.5. The lowest BCUT2D eigenvalue weighted by Gasteiger charge is -2.02. The monoisotopic (exact) mass is 299 g/mol. The summed E-state index contributed by atoms with van der Waals surface area (Å²) in [5, 5.41) is 15.5. The molecule has 0 saturated carbocycles. The van der Waals surface area contributed by atoms with E-state index in [9.17, 15) is 18.9 Å². The van der Waals surface area contributed by atoms with Crippen molar-refractivity contribution in [3.05, 3.63) is 45.0 Å². The molecule has 0 saturated heterocycles. The van der Waals surface area contributed by atoms with Crippen LogP contribution in [0.4, 0.5) is 14.5 Å². The highest BCUT2D eigenvalue weighted by atomic mass is 32.1. The minimum Gasteiger partial charge on any atom is -0.311 e. The average molecular weight is 299 g/mol. The van der Waals surface area contributed by atoms with Gasteiger partial charge in [-0.3, -0.25) is 10.1 Å². The molecule has 0 spiro atoms. The molecule has 106 valence electrons. The van der Waals surface area contributed by atoms with Gasteiger partial charge in [0.15, 0.2) is 0 Å². The average Bonchev–Trinajstić information content (AvgIpc) is 2.84. The molecule has 0 amide bonds. The van der Waals surface area contributed by atoms with Crippen LogP contribution in [0.1, 0.15) is 12.6 Å². The predicted octanol–water partition coefficient (Wildman–Crippen LogP) is 3.11. The number of benzene rings is 1. The Labute approximate surface area is 117 Å². The summed E-state index contributed by atoms with van der Waals surface area (Å²) in [7, 11) is 0. The molecule has 8 heteroatoms. The molecule has 1 N–H and O–H groups in total. The zero-order chi connectivity index (χ0) is 14.7. The number of hydrogen-bond donors (Lipinski definition) is 1. The standard InChI is InChI=1S/C12H11F2N3O2S/c1-2-15-5-7-6-20-12(16-7)10-8(13)3-4-9(11(10)14)17(18)19/h3-4,6,15H,2,5H2,1H3. The number of halogens is 2. The molecule has 0 unspecified atom stereocenters. The number of hydrogen-bond acceptors (Lipinski definition) is 5. The third-order valence-corrected chi connectivity index (χ3v) is 3.50. The smallest absolute Gasteiger partial charge is 0.305 e. The Morgan fingerprint density at radius 2 is 2.20 bits per heavy atom. The Hall–Kier alpha value is -1.93. The number of rotatable bonds is 5. The van der Waals surface area contributed by atoms with Crippen molar-refractivity contribution in [2.75, 3.05) is 6.54 Å². The molecule has 20 heavy (non-hydrogen) atoms. The SMILES string of the molecule is CCNCc1csc(-c2c(F)ccc([N+](=O)[O-])c2F)n1. The van der Waals surface area contributed by atoms with Gasteiger partial charge < -0.3 is 5.32 Å². The summed E-state index contributed by atoms with van der Waals surface area (Å²) in [6, 6.07) is 1.68. The molecule has 1 aromatic carbocycles. The van der Waals surface area contributed by atoms with Gasteiger partial charge in [-0.15, -0.1) is 11.3 Å². The fraction of sp³-hybridized carbons (Fsp3) is 0.250. The maximum atomic E-state index is 14.0. The molecule has 0 bridgehead atoms. The summed E-state index contributed by atoms with van der Waals surface area (Å²) in [5.41, 5.74) is -0.575. The number of nitro benzene ring substituents is 1. The fourth-order valence-electron chi connectivity index (χ4n) is 1.63. The van der Waals surface area contributed by atoms with E-state index in [1.807, 2.05) is 6.92 Å². The van der Waals surface area contributed by atoms with Crippen molar-refractivity contribution in [1.29, 1.82) is 0 Å². The van der Waals surface area contributed by atoms with Crippen LogP contribution in [0.5, 0.6) is 0 Å². The van der Waals surface area contributed by atoms with Gasteiger partial charge in [0.2, 0.25) is 5.82 Å². The van der Waals surface area contributed by atoms with Gasteiger partial charge in [0, 0.05) is 18.0 Å². The van der Waals surface area contributed by atoms with E-state index in [0.717, 1.165) is 30.0 Å². The second-order valence-corrected chi connectivity index (χ2v) is 4.80. The molecular weight excluding hydrogens is 288 g/mol. The first-order valence-electron chi connectivity index (χ1n) is 5.82. The lowest BCUT2D eigenvalue weighted by atomic mass is 10.2. The van der Waals surface area contributed by atoms with Crippen molar-refractivity contribution >= 4 is 17.0 Å². The Kier molecular flexibility index (Phi) is 4.35. The largest absolute Gasteiger partial charge is 0.311 e. The molecular formula is C12H11F2N3O2S. The summed E-state index contributed by atoms with van der Waals surface area (Å²) >= 11 is 1.05. The Morgan fingerprint density at radius 3 is 2.85 bits per heavy atom. The van der Waals surface area contributed by atoms with Gasteiger partial charge in [0.1, 0.15) is 10.8 Å². The summed E-state index contributed by atoms with van der Waals surface area (Å²) in [4.78, 5) is 13.9. The summed E-state index contributed by atoms with van der Waals surface area (Å²) < 4.78 is 27.7. The van der Waals surface area contributed by atoms with Crippen molar-refractivity contribution < 1.29 is 13.7 Å². The Balaban J connectivity index is 2.44. The molecule has 1 aromatic heterocycles. The number of nitrogens with zero attached hydrogens (tertiary/aromatic N) is 2. The minimum absolute atomic E-state index is 0.0941. The third-order valence-electron chi connectivity index (χ3n) is 2.59. The highest BCUT2D eigenvalue weighted by Gasteiger charge is 2.24. The van der Waals surface area contributed by atoms with Gasteiger partial charge in [-0.1, -0.05) is 6.92 Å².